The minimum Gasteiger partial charge on any atom is -0.491 e. The lowest BCUT2D eigenvalue weighted by Crippen LogP contribution is -2.43. The largest absolute Gasteiger partial charge is 0.491 e. The molecule has 10 heteroatoms. The predicted octanol–water partition coefficient (Wildman–Crippen LogP) is 2.54. The Hall–Kier alpha value is -1.37. The van der Waals surface area contributed by atoms with E-state index in [4.69, 9.17) is 4.74 Å². The van der Waals surface area contributed by atoms with Gasteiger partial charge in [0.05, 0.1) is 6.54 Å². The number of guanidine groups is 1. The summed E-state index contributed by atoms with van der Waals surface area (Å²) in [6.07, 6.45) is 0. The van der Waals surface area contributed by atoms with Crippen LogP contribution in [-0.4, -0.2) is 59.6 Å². The number of hydrogen-bond acceptors (Lipinski definition) is 5. The van der Waals surface area contributed by atoms with Crippen molar-refractivity contribution in [2.45, 2.75) is 11.1 Å². The minimum absolute atomic E-state index is 0. The number of sulfonamides is 1. The fourth-order valence-corrected chi connectivity index (χ4v) is 4.42. The highest BCUT2D eigenvalue weighted by molar-refractivity contribution is 14.0. The molecule has 0 aliphatic heterocycles. The maximum absolute atomic E-state index is 12.1. The van der Waals surface area contributed by atoms with Crippen LogP contribution in [0.15, 0.2) is 51.0 Å². The van der Waals surface area contributed by atoms with Crippen molar-refractivity contribution in [2.24, 2.45) is 4.99 Å². The van der Waals surface area contributed by atoms with E-state index < -0.39 is 10.0 Å². The molecule has 1 aromatic carbocycles. The zero-order valence-electron chi connectivity index (χ0n) is 16.2. The Morgan fingerprint density at radius 1 is 1.21 bits per heavy atom. The Morgan fingerprint density at radius 2 is 1.96 bits per heavy atom. The predicted molar refractivity (Wildman–Crippen MR) is 126 cm³/mol. The quantitative estimate of drug-likeness (QED) is 0.222. The summed E-state index contributed by atoms with van der Waals surface area (Å²) in [5, 5.41) is 4.88. The summed E-state index contributed by atoms with van der Waals surface area (Å²) in [6.45, 7) is 3.88. The third kappa shape index (κ3) is 7.57. The molecule has 0 bridgehead atoms. The Balaban J connectivity index is 0.00000392. The van der Waals surface area contributed by atoms with Crippen LogP contribution in [0, 0.1) is 6.92 Å². The Bertz CT molecular complexity index is 842. The maximum Gasteiger partial charge on any atom is 0.250 e. The molecule has 0 aliphatic rings. The lowest BCUT2D eigenvalue weighted by Gasteiger charge is -2.22. The number of likely N-dealkylation sites (N-methyl/N-ethyl adjacent to an activating group) is 1. The van der Waals surface area contributed by atoms with Gasteiger partial charge in [0.15, 0.2) is 5.96 Å². The molecule has 1 aromatic heterocycles. The van der Waals surface area contributed by atoms with Gasteiger partial charge in [-0.2, -0.15) is 0 Å². The SMILES string of the molecule is CN=C(NCCNS(=O)(=O)c1cccs1)N(C)CCOc1ccccc1C.I. The fraction of sp³-hybridized carbons (Fsp3) is 0.389. The number of thiophene rings is 1. The molecule has 0 aliphatic carbocycles. The first-order valence-electron chi connectivity index (χ1n) is 8.57. The molecule has 0 radical (unpaired) electrons. The van der Waals surface area contributed by atoms with Crippen LogP contribution in [0.25, 0.3) is 0 Å². The number of para-hydroxylation sites is 1. The summed E-state index contributed by atoms with van der Waals surface area (Å²) >= 11 is 1.20. The molecular formula is C18H27IN4O3S2. The summed E-state index contributed by atoms with van der Waals surface area (Å²) in [4.78, 5) is 6.15. The molecule has 2 aromatic rings. The second-order valence-corrected chi connectivity index (χ2v) is 8.78. The molecule has 0 saturated carbocycles. The molecule has 0 amide bonds. The first-order valence-corrected chi connectivity index (χ1v) is 10.9. The molecule has 2 N–H and O–H groups in total. The normalized spacial score (nSPS) is 11.6. The lowest BCUT2D eigenvalue weighted by atomic mass is 10.2. The average molecular weight is 538 g/mol. The van der Waals surface area contributed by atoms with Crippen molar-refractivity contribution in [2.75, 3.05) is 40.3 Å². The van der Waals surface area contributed by atoms with Gasteiger partial charge >= 0.3 is 0 Å². The van der Waals surface area contributed by atoms with E-state index in [-0.39, 0.29) is 30.5 Å². The van der Waals surface area contributed by atoms with Gasteiger partial charge in [0.25, 0.3) is 0 Å². The van der Waals surface area contributed by atoms with Gasteiger partial charge in [0.2, 0.25) is 10.0 Å². The fourth-order valence-electron chi connectivity index (χ4n) is 2.35. The van der Waals surface area contributed by atoms with Crippen molar-refractivity contribution in [3.8, 4) is 5.75 Å². The summed E-state index contributed by atoms with van der Waals surface area (Å²) in [5.74, 6) is 1.55. The van der Waals surface area contributed by atoms with Crippen LogP contribution < -0.4 is 14.8 Å². The first kappa shape index (κ1) is 24.7. The van der Waals surface area contributed by atoms with E-state index in [9.17, 15) is 8.42 Å². The smallest absolute Gasteiger partial charge is 0.250 e. The number of benzene rings is 1. The van der Waals surface area contributed by atoms with E-state index >= 15 is 0 Å². The van der Waals surface area contributed by atoms with E-state index in [2.05, 4.69) is 15.0 Å². The van der Waals surface area contributed by atoms with Crippen LogP contribution in [0.2, 0.25) is 0 Å². The van der Waals surface area contributed by atoms with Gasteiger partial charge in [-0.1, -0.05) is 24.3 Å². The second kappa shape index (κ2) is 12.2. The molecule has 0 unspecified atom stereocenters. The van der Waals surface area contributed by atoms with E-state index in [1.807, 2.05) is 43.1 Å². The Morgan fingerprint density at radius 3 is 2.61 bits per heavy atom. The third-order valence-electron chi connectivity index (χ3n) is 3.81. The molecular weight excluding hydrogens is 511 g/mol. The molecule has 156 valence electrons. The molecule has 2 rings (SSSR count). The lowest BCUT2D eigenvalue weighted by molar-refractivity contribution is 0.280. The Labute approximate surface area is 188 Å². The highest BCUT2D eigenvalue weighted by Gasteiger charge is 2.14. The van der Waals surface area contributed by atoms with Crippen molar-refractivity contribution >= 4 is 51.3 Å². The van der Waals surface area contributed by atoms with Gasteiger partial charge in [-0.05, 0) is 30.0 Å². The number of hydrogen-bond donors (Lipinski definition) is 2. The van der Waals surface area contributed by atoms with Crippen molar-refractivity contribution in [1.29, 1.82) is 0 Å². The van der Waals surface area contributed by atoms with Crippen molar-refractivity contribution in [3.63, 3.8) is 0 Å². The van der Waals surface area contributed by atoms with Gasteiger partial charge in [0.1, 0.15) is 16.6 Å². The van der Waals surface area contributed by atoms with E-state index in [1.54, 1.807) is 24.6 Å². The number of aryl methyl sites for hydroxylation is 1. The van der Waals surface area contributed by atoms with Crippen molar-refractivity contribution in [3.05, 3.63) is 47.3 Å². The van der Waals surface area contributed by atoms with Gasteiger partial charge < -0.3 is 15.0 Å². The molecule has 0 spiro atoms. The van der Waals surface area contributed by atoms with Crippen LogP contribution in [0.1, 0.15) is 5.56 Å². The monoisotopic (exact) mass is 538 g/mol. The topological polar surface area (TPSA) is 83.0 Å². The highest BCUT2D eigenvalue weighted by atomic mass is 127. The van der Waals surface area contributed by atoms with Crippen LogP contribution in [-0.2, 0) is 10.0 Å². The summed E-state index contributed by atoms with van der Waals surface area (Å²) < 4.78 is 32.8. The van der Waals surface area contributed by atoms with Crippen molar-refractivity contribution < 1.29 is 13.2 Å². The molecule has 0 fully saturated rings. The summed E-state index contributed by atoms with van der Waals surface area (Å²) in [7, 11) is 0.165. The van der Waals surface area contributed by atoms with Crippen LogP contribution in [0.5, 0.6) is 5.75 Å². The Kier molecular flexibility index (Phi) is 10.8. The standard InChI is InChI=1S/C18H26N4O3S2.HI/c1-15-7-4-5-8-16(15)25-13-12-22(3)18(19-2)20-10-11-21-27(23,24)17-9-6-14-26-17;/h4-9,14,21H,10-13H2,1-3H3,(H,19,20);1H. The van der Waals surface area contributed by atoms with Crippen LogP contribution in [0.4, 0.5) is 0 Å². The zero-order chi connectivity index (χ0) is 19.7. The van der Waals surface area contributed by atoms with Gasteiger partial charge in [-0.3, -0.25) is 4.99 Å². The highest BCUT2D eigenvalue weighted by Crippen LogP contribution is 2.16. The number of aliphatic imine (C=N–C) groups is 1. The molecule has 0 saturated heterocycles. The zero-order valence-corrected chi connectivity index (χ0v) is 20.2. The number of ether oxygens (including phenoxy) is 1. The van der Waals surface area contributed by atoms with Gasteiger partial charge in [0, 0.05) is 27.2 Å². The average Bonchev–Trinajstić information content (AvgIpc) is 3.19. The summed E-state index contributed by atoms with van der Waals surface area (Å²) in [6, 6.07) is 11.2. The maximum atomic E-state index is 12.1. The van der Waals surface area contributed by atoms with E-state index in [0.29, 0.717) is 29.9 Å². The van der Waals surface area contributed by atoms with Gasteiger partial charge in [-0.25, -0.2) is 13.1 Å². The second-order valence-electron chi connectivity index (χ2n) is 5.84. The minimum atomic E-state index is -3.44. The summed E-state index contributed by atoms with van der Waals surface area (Å²) in [5.41, 5.74) is 1.10. The molecule has 28 heavy (non-hydrogen) atoms. The first-order chi connectivity index (χ1) is 12.9. The number of nitrogens with zero attached hydrogens (tertiary/aromatic N) is 2. The van der Waals surface area contributed by atoms with Crippen molar-refractivity contribution in [1.82, 2.24) is 14.9 Å². The number of nitrogens with one attached hydrogen (secondary N) is 2. The van der Waals surface area contributed by atoms with E-state index in [1.165, 1.54) is 11.3 Å². The van der Waals surface area contributed by atoms with Crippen LogP contribution >= 0.6 is 35.3 Å². The number of rotatable bonds is 9. The van der Waals surface area contributed by atoms with E-state index in [0.717, 1.165) is 11.3 Å². The van der Waals surface area contributed by atoms with Crippen LogP contribution in [0.3, 0.4) is 0 Å². The molecule has 1 heterocycles. The molecule has 0 atom stereocenters. The van der Waals surface area contributed by atoms with Gasteiger partial charge in [-0.15, -0.1) is 35.3 Å². The number of halogens is 1. The molecule has 7 nitrogen and oxygen atoms in total. The third-order valence-corrected chi connectivity index (χ3v) is 6.67.